The van der Waals surface area contributed by atoms with E-state index in [1.54, 1.807) is 48.3 Å². The molecule has 3 aromatic carbocycles. The number of fused-ring (bicyclic) bond motifs is 2. The molecule has 0 aliphatic carbocycles. The molecule has 1 aromatic heterocycles. The molecule has 0 unspecified atom stereocenters. The van der Waals surface area contributed by atoms with E-state index in [4.69, 9.17) is 16.0 Å². The molecule has 1 aliphatic heterocycles. The van der Waals surface area contributed by atoms with Crippen molar-refractivity contribution in [2.45, 2.75) is 0 Å². The van der Waals surface area contributed by atoms with Crippen LogP contribution in [0.2, 0.25) is 5.02 Å². The van der Waals surface area contributed by atoms with Crippen molar-refractivity contribution >= 4 is 62.8 Å². The third-order valence-electron chi connectivity index (χ3n) is 6.04. The van der Waals surface area contributed by atoms with Gasteiger partial charge in [0.2, 0.25) is 5.91 Å². The quantitative estimate of drug-likeness (QED) is 0.330. The van der Waals surface area contributed by atoms with E-state index < -0.39 is 5.76 Å². The Labute approximate surface area is 217 Å². The standard InChI is InChI=1S/C27H24ClN5O4/c1-32(2)14-23(34)33(3)18-8-6-17(7-9-18)29-25(15-4-11-20-22(12-15)37-27(36)31-20)24-19-10-5-16(28)13-21(19)30-26(24)35/h4-13,29H,14H2,1-3H3,(H,30,35)(H,31,36)/b25-24-. The number of amides is 2. The largest absolute Gasteiger partial charge is 0.417 e. The molecule has 37 heavy (non-hydrogen) atoms. The van der Waals surface area contributed by atoms with E-state index in [2.05, 4.69) is 15.6 Å². The van der Waals surface area contributed by atoms with Crippen molar-refractivity contribution < 1.29 is 14.0 Å². The van der Waals surface area contributed by atoms with Gasteiger partial charge in [-0.1, -0.05) is 23.7 Å². The Bertz CT molecular complexity index is 1620. The maximum Gasteiger partial charge on any atom is 0.417 e. The number of aromatic amines is 1. The highest BCUT2D eigenvalue weighted by molar-refractivity contribution is 6.38. The molecule has 0 atom stereocenters. The van der Waals surface area contributed by atoms with Gasteiger partial charge in [-0.05, 0) is 62.6 Å². The fourth-order valence-electron chi connectivity index (χ4n) is 4.21. The van der Waals surface area contributed by atoms with Crippen LogP contribution in [0.1, 0.15) is 11.1 Å². The molecule has 0 bridgehead atoms. The second kappa shape index (κ2) is 9.61. The fourth-order valence-corrected chi connectivity index (χ4v) is 4.38. The molecule has 3 N–H and O–H groups in total. The number of oxazole rings is 1. The molecule has 5 rings (SSSR count). The number of H-pyrrole nitrogens is 1. The third-order valence-corrected chi connectivity index (χ3v) is 6.27. The first-order valence-electron chi connectivity index (χ1n) is 11.5. The van der Waals surface area contributed by atoms with E-state index in [-0.39, 0.29) is 11.8 Å². The lowest BCUT2D eigenvalue weighted by atomic mass is 9.99. The molecule has 9 nitrogen and oxygen atoms in total. The second-order valence-electron chi connectivity index (χ2n) is 8.98. The minimum atomic E-state index is -0.559. The lowest BCUT2D eigenvalue weighted by Gasteiger charge is -2.20. The Morgan fingerprint density at radius 2 is 1.76 bits per heavy atom. The SMILES string of the molecule is CN(C)CC(=O)N(C)c1ccc(N/C(=C2\C(=O)Nc3cc(Cl)ccc32)c2ccc3[nH]c(=O)oc3c2)cc1. The molecule has 4 aromatic rings. The highest BCUT2D eigenvalue weighted by Crippen LogP contribution is 2.39. The van der Waals surface area contributed by atoms with Crippen LogP contribution >= 0.6 is 11.6 Å². The van der Waals surface area contributed by atoms with Crippen molar-refractivity contribution in [2.24, 2.45) is 0 Å². The van der Waals surface area contributed by atoms with Crippen molar-refractivity contribution in [3.63, 3.8) is 0 Å². The van der Waals surface area contributed by atoms with E-state index in [9.17, 15) is 14.4 Å². The number of halogens is 1. The van der Waals surface area contributed by atoms with Gasteiger partial charge < -0.3 is 24.9 Å². The smallest absolute Gasteiger partial charge is 0.408 e. The van der Waals surface area contributed by atoms with Gasteiger partial charge in [-0.25, -0.2) is 4.79 Å². The zero-order valence-electron chi connectivity index (χ0n) is 20.4. The van der Waals surface area contributed by atoms with Gasteiger partial charge in [0.15, 0.2) is 5.58 Å². The van der Waals surface area contributed by atoms with Crippen molar-refractivity contribution in [1.29, 1.82) is 0 Å². The van der Waals surface area contributed by atoms with Crippen molar-refractivity contribution in [1.82, 2.24) is 9.88 Å². The number of nitrogens with zero attached hydrogens (tertiary/aromatic N) is 2. The number of anilines is 3. The zero-order valence-corrected chi connectivity index (χ0v) is 21.1. The first-order valence-corrected chi connectivity index (χ1v) is 11.8. The van der Waals surface area contributed by atoms with Crippen LogP contribution in [0.25, 0.3) is 22.4 Å². The average molecular weight is 518 g/mol. The van der Waals surface area contributed by atoms with Gasteiger partial charge in [-0.15, -0.1) is 0 Å². The summed E-state index contributed by atoms with van der Waals surface area (Å²) >= 11 is 6.14. The Balaban J connectivity index is 1.57. The predicted molar refractivity (Wildman–Crippen MR) is 146 cm³/mol. The number of nitrogens with one attached hydrogen (secondary N) is 3. The number of carbonyl (C=O) groups is 2. The first-order chi connectivity index (χ1) is 17.7. The zero-order chi connectivity index (χ0) is 26.3. The van der Waals surface area contributed by atoms with Crippen LogP contribution in [0.15, 0.2) is 69.9 Å². The van der Waals surface area contributed by atoms with Crippen LogP contribution in [0, 0.1) is 0 Å². The lowest BCUT2D eigenvalue weighted by molar-refractivity contribution is -0.119. The normalized spacial score (nSPS) is 14.0. The number of carbonyl (C=O) groups excluding carboxylic acids is 2. The molecule has 0 spiro atoms. The number of likely N-dealkylation sites (N-methyl/N-ethyl adjacent to an activating group) is 2. The van der Waals surface area contributed by atoms with Gasteiger partial charge >= 0.3 is 5.76 Å². The summed E-state index contributed by atoms with van der Waals surface area (Å²) in [5, 5.41) is 6.74. The first kappa shape index (κ1) is 24.4. The highest BCUT2D eigenvalue weighted by Gasteiger charge is 2.29. The minimum Gasteiger partial charge on any atom is -0.408 e. The summed E-state index contributed by atoms with van der Waals surface area (Å²) < 4.78 is 5.26. The third kappa shape index (κ3) is 4.87. The molecular weight excluding hydrogens is 494 g/mol. The molecule has 1 aliphatic rings. The lowest BCUT2D eigenvalue weighted by Crippen LogP contribution is -2.34. The molecular formula is C27H24ClN5O4. The van der Waals surface area contributed by atoms with Gasteiger partial charge in [0.25, 0.3) is 5.91 Å². The van der Waals surface area contributed by atoms with E-state index in [0.29, 0.717) is 56.4 Å². The molecule has 2 heterocycles. The molecule has 0 fully saturated rings. The van der Waals surface area contributed by atoms with Crippen molar-refractivity contribution in [3.8, 4) is 0 Å². The van der Waals surface area contributed by atoms with Gasteiger partial charge in [0.05, 0.1) is 29.0 Å². The number of hydrogen-bond acceptors (Lipinski definition) is 6. The predicted octanol–water partition coefficient (Wildman–Crippen LogP) is 4.23. The number of benzene rings is 3. The number of rotatable bonds is 6. The molecule has 10 heteroatoms. The summed E-state index contributed by atoms with van der Waals surface area (Å²) in [4.78, 5) is 43.3. The summed E-state index contributed by atoms with van der Waals surface area (Å²) in [6.07, 6.45) is 0. The summed E-state index contributed by atoms with van der Waals surface area (Å²) in [7, 11) is 5.41. The van der Waals surface area contributed by atoms with Crippen LogP contribution in [-0.2, 0) is 9.59 Å². The van der Waals surface area contributed by atoms with Crippen LogP contribution < -0.4 is 21.3 Å². The van der Waals surface area contributed by atoms with E-state index >= 15 is 0 Å². The Hall–Kier alpha value is -4.34. The number of aromatic nitrogens is 1. The fraction of sp³-hybridized carbons (Fsp3) is 0.148. The van der Waals surface area contributed by atoms with Gasteiger partial charge in [0.1, 0.15) is 0 Å². The Morgan fingerprint density at radius 3 is 2.49 bits per heavy atom. The van der Waals surface area contributed by atoms with Gasteiger partial charge in [-0.2, -0.15) is 0 Å². The molecule has 2 amide bonds. The topological polar surface area (TPSA) is 111 Å². The summed E-state index contributed by atoms with van der Waals surface area (Å²) in [6, 6.07) is 17.8. The van der Waals surface area contributed by atoms with Crippen LogP contribution in [-0.4, -0.2) is 49.4 Å². The van der Waals surface area contributed by atoms with Gasteiger partial charge in [-0.3, -0.25) is 14.6 Å². The summed E-state index contributed by atoms with van der Waals surface area (Å²) in [5.74, 6) is -0.884. The molecule has 0 saturated heterocycles. The van der Waals surface area contributed by atoms with E-state index in [1.165, 1.54) is 0 Å². The van der Waals surface area contributed by atoms with Crippen LogP contribution in [0.4, 0.5) is 17.1 Å². The minimum absolute atomic E-state index is 0.0345. The monoisotopic (exact) mass is 517 g/mol. The summed E-state index contributed by atoms with van der Waals surface area (Å²) in [6.45, 7) is 0.295. The second-order valence-corrected chi connectivity index (χ2v) is 9.42. The van der Waals surface area contributed by atoms with E-state index in [0.717, 1.165) is 5.69 Å². The highest BCUT2D eigenvalue weighted by atomic mass is 35.5. The Kier molecular flexibility index (Phi) is 6.32. The maximum atomic E-state index is 13.1. The molecule has 0 radical (unpaired) electrons. The maximum absolute atomic E-state index is 13.1. The summed E-state index contributed by atoms with van der Waals surface area (Å²) in [5.41, 5.74) is 5.25. The number of hydrogen-bond donors (Lipinski definition) is 3. The van der Waals surface area contributed by atoms with Crippen LogP contribution in [0.5, 0.6) is 0 Å². The van der Waals surface area contributed by atoms with Crippen molar-refractivity contribution in [3.05, 3.63) is 87.4 Å². The Morgan fingerprint density at radius 1 is 1.00 bits per heavy atom. The van der Waals surface area contributed by atoms with Crippen molar-refractivity contribution in [2.75, 3.05) is 43.2 Å². The molecule has 0 saturated carbocycles. The van der Waals surface area contributed by atoms with E-state index in [1.807, 2.05) is 43.3 Å². The average Bonchev–Trinajstić information content (AvgIpc) is 3.38. The molecule has 188 valence electrons. The van der Waals surface area contributed by atoms with Crippen LogP contribution in [0.3, 0.4) is 0 Å². The van der Waals surface area contributed by atoms with Gasteiger partial charge in [0, 0.05) is 34.6 Å².